The van der Waals surface area contributed by atoms with Crippen molar-refractivity contribution in [2.75, 3.05) is 0 Å². The number of aliphatic hydroxyl groups is 1. The van der Waals surface area contributed by atoms with E-state index in [2.05, 4.69) is 12.2 Å². The first kappa shape index (κ1) is 15.7. The molecule has 4 bridgehead atoms. The van der Waals surface area contributed by atoms with Gasteiger partial charge in [0, 0.05) is 0 Å². The Hall–Kier alpha value is -0.830. The van der Waals surface area contributed by atoms with Crippen molar-refractivity contribution in [2.24, 2.45) is 41.4 Å². The molecule has 0 aliphatic heterocycles. The van der Waals surface area contributed by atoms with Crippen molar-refractivity contribution in [3.05, 3.63) is 12.2 Å². The van der Waals surface area contributed by atoms with Gasteiger partial charge in [0.05, 0.1) is 12.0 Å². The second kappa shape index (κ2) is 4.84. The van der Waals surface area contributed by atoms with Crippen LogP contribution in [0.3, 0.4) is 0 Å². The SMILES string of the molecule is CC(C)(C)OC(=O)CC(C)(O)C1CC2CC1C1C3C=CC(C3)C21. The molecule has 4 rings (SSSR count). The third-order valence-corrected chi connectivity index (χ3v) is 6.99. The zero-order chi connectivity index (χ0) is 16.6. The fraction of sp³-hybridized carbons (Fsp3) is 0.850. The molecule has 0 aromatic heterocycles. The number of allylic oxidation sites excluding steroid dienone is 2. The van der Waals surface area contributed by atoms with Crippen LogP contribution in [0.2, 0.25) is 0 Å². The molecule has 8 unspecified atom stereocenters. The highest BCUT2D eigenvalue weighted by Crippen LogP contribution is 2.68. The van der Waals surface area contributed by atoms with E-state index in [4.69, 9.17) is 4.74 Å². The minimum absolute atomic E-state index is 0.124. The predicted octanol–water partition coefficient (Wildman–Crippen LogP) is 3.56. The van der Waals surface area contributed by atoms with Crippen LogP contribution in [-0.4, -0.2) is 22.3 Å². The lowest BCUT2D eigenvalue weighted by Crippen LogP contribution is -2.45. The number of fused-ring (bicyclic) bond motifs is 9. The number of carbonyl (C=O) groups excluding carboxylic acids is 1. The maximum Gasteiger partial charge on any atom is 0.309 e. The standard InChI is InChI=1S/C20H30O3/c1-19(2,3)23-16(21)10-20(4,22)15-9-13-8-14(15)18-12-6-5-11(7-12)17(13)18/h5-6,11-15,17-18,22H,7-10H2,1-4H3. The topological polar surface area (TPSA) is 46.5 Å². The van der Waals surface area contributed by atoms with Crippen molar-refractivity contribution in [1.29, 1.82) is 0 Å². The summed E-state index contributed by atoms with van der Waals surface area (Å²) < 4.78 is 5.44. The maximum atomic E-state index is 12.2. The Kier molecular flexibility index (Phi) is 3.30. The van der Waals surface area contributed by atoms with Gasteiger partial charge in [-0.3, -0.25) is 4.79 Å². The summed E-state index contributed by atoms with van der Waals surface area (Å²) in [5.41, 5.74) is -1.42. The molecule has 128 valence electrons. The molecule has 4 aliphatic rings. The highest BCUT2D eigenvalue weighted by Gasteiger charge is 2.63. The first-order chi connectivity index (χ1) is 10.7. The Morgan fingerprint density at radius 3 is 2.39 bits per heavy atom. The van der Waals surface area contributed by atoms with Crippen LogP contribution in [0, 0.1) is 41.4 Å². The van der Waals surface area contributed by atoms with E-state index in [0.29, 0.717) is 5.92 Å². The number of ether oxygens (including phenoxy) is 1. The van der Waals surface area contributed by atoms with Crippen LogP contribution in [0.15, 0.2) is 12.2 Å². The number of carbonyl (C=O) groups is 1. The number of rotatable bonds is 3. The normalized spacial score (nSPS) is 46.0. The van der Waals surface area contributed by atoms with Gasteiger partial charge < -0.3 is 9.84 Å². The highest BCUT2D eigenvalue weighted by atomic mass is 16.6. The summed E-state index contributed by atoms with van der Waals surface area (Å²) in [4.78, 5) is 12.2. The summed E-state index contributed by atoms with van der Waals surface area (Å²) in [6, 6.07) is 0. The summed E-state index contributed by atoms with van der Waals surface area (Å²) in [6.45, 7) is 7.50. The van der Waals surface area contributed by atoms with E-state index in [1.54, 1.807) is 0 Å². The molecule has 4 aliphatic carbocycles. The second-order valence-corrected chi connectivity index (χ2v) is 9.73. The van der Waals surface area contributed by atoms with E-state index < -0.39 is 11.2 Å². The van der Waals surface area contributed by atoms with Gasteiger partial charge in [0.2, 0.25) is 0 Å². The molecule has 1 N–H and O–H groups in total. The fourth-order valence-corrected chi connectivity index (χ4v) is 6.53. The van der Waals surface area contributed by atoms with Gasteiger partial charge in [-0.05, 0) is 88.4 Å². The van der Waals surface area contributed by atoms with Crippen molar-refractivity contribution >= 4 is 5.97 Å². The highest BCUT2D eigenvalue weighted by molar-refractivity contribution is 5.71. The van der Waals surface area contributed by atoms with Crippen LogP contribution in [0.5, 0.6) is 0 Å². The van der Waals surface area contributed by atoms with Crippen molar-refractivity contribution in [3.8, 4) is 0 Å². The summed E-state index contributed by atoms with van der Waals surface area (Å²) in [6.07, 6.45) is 8.69. The van der Waals surface area contributed by atoms with Gasteiger partial charge >= 0.3 is 5.97 Å². The lowest BCUT2D eigenvalue weighted by Gasteiger charge is -2.42. The molecule has 3 heteroatoms. The minimum Gasteiger partial charge on any atom is -0.460 e. The van der Waals surface area contributed by atoms with Crippen LogP contribution >= 0.6 is 0 Å². The van der Waals surface area contributed by atoms with Gasteiger partial charge in [-0.25, -0.2) is 0 Å². The fourth-order valence-electron chi connectivity index (χ4n) is 6.53. The largest absolute Gasteiger partial charge is 0.460 e. The average Bonchev–Trinajstić information content (AvgIpc) is 3.14. The Morgan fingerprint density at radius 1 is 1.09 bits per heavy atom. The summed E-state index contributed by atoms with van der Waals surface area (Å²) in [7, 11) is 0. The van der Waals surface area contributed by atoms with Gasteiger partial charge in [0.1, 0.15) is 5.60 Å². The molecule has 8 atom stereocenters. The third kappa shape index (κ3) is 2.47. The molecule has 23 heavy (non-hydrogen) atoms. The van der Waals surface area contributed by atoms with E-state index >= 15 is 0 Å². The van der Waals surface area contributed by atoms with Crippen LogP contribution in [0.25, 0.3) is 0 Å². The molecule has 0 radical (unpaired) electrons. The zero-order valence-corrected chi connectivity index (χ0v) is 14.8. The second-order valence-electron chi connectivity index (χ2n) is 9.73. The van der Waals surface area contributed by atoms with E-state index in [0.717, 1.165) is 36.0 Å². The van der Waals surface area contributed by atoms with Crippen molar-refractivity contribution < 1.29 is 14.6 Å². The predicted molar refractivity (Wildman–Crippen MR) is 88.5 cm³/mol. The average molecular weight is 318 g/mol. The lowest BCUT2D eigenvalue weighted by molar-refractivity contribution is -0.163. The third-order valence-electron chi connectivity index (χ3n) is 6.99. The van der Waals surface area contributed by atoms with Crippen LogP contribution in [0.1, 0.15) is 53.4 Å². The molecule has 0 saturated heterocycles. The Labute approximate surface area is 139 Å². The van der Waals surface area contributed by atoms with Crippen molar-refractivity contribution in [1.82, 2.24) is 0 Å². The molecule has 0 heterocycles. The molecule has 0 aromatic carbocycles. The van der Waals surface area contributed by atoms with Gasteiger partial charge in [0.15, 0.2) is 0 Å². The van der Waals surface area contributed by atoms with Gasteiger partial charge in [0.25, 0.3) is 0 Å². The first-order valence-electron chi connectivity index (χ1n) is 9.28. The quantitative estimate of drug-likeness (QED) is 0.492. The van der Waals surface area contributed by atoms with Gasteiger partial charge in [-0.15, -0.1) is 0 Å². The molecule has 3 fully saturated rings. The van der Waals surface area contributed by atoms with Gasteiger partial charge in [-0.2, -0.15) is 0 Å². The maximum absolute atomic E-state index is 12.2. The van der Waals surface area contributed by atoms with Crippen LogP contribution < -0.4 is 0 Å². The van der Waals surface area contributed by atoms with Crippen molar-refractivity contribution in [3.63, 3.8) is 0 Å². The number of esters is 1. The summed E-state index contributed by atoms with van der Waals surface area (Å²) in [5.74, 6) is 4.52. The molecule has 0 spiro atoms. The first-order valence-corrected chi connectivity index (χ1v) is 9.28. The number of hydrogen-bond donors (Lipinski definition) is 1. The monoisotopic (exact) mass is 318 g/mol. The molecule has 3 saturated carbocycles. The van der Waals surface area contributed by atoms with Crippen LogP contribution in [-0.2, 0) is 9.53 Å². The molecule has 0 amide bonds. The van der Waals surface area contributed by atoms with E-state index in [1.807, 2.05) is 27.7 Å². The van der Waals surface area contributed by atoms with Gasteiger partial charge in [-0.1, -0.05) is 12.2 Å². The summed E-state index contributed by atoms with van der Waals surface area (Å²) >= 11 is 0. The van der Waals surface area contributed by atoms with Crippen molar-refractivity contribution in [2.45, 2.75) is 64.6 Å². The van der Waals surface area contributed by atoms with E-state index in [-0.39, 0.29) is 18.3 Å². The Bertz CT molecular complexity index is 542. The Morgan fingerprint density at radius 2 is 1.74 bits per heavy atom. The molecule has 0 aromatic rings. The summed E-state index contributed by atoms with van der Waals surface area (Å²) in [5, 5.41) is 11.1. The van der Waals surface area contributed by atoms with E-state index in [9.17, 15) is 9.90 Å². The molecular weight excluding hydrogens is 288 g/mol. The van der Waals surface area contributed by atoms with Crippen LogP contribution in [0.4, 0.5) is 0 Å². The van der Waals surface area contributed by atoms with E-state index in [1.165, 1.54) is 12.8 Å². The lowest BCUT2D eigenvalue weighted by atomic mass is 9.65. The smallest absolute Gasteiger partial charge is 0.309 e. The molecule has 3 nitrogen and oxygen atoms in total. The number of hydrogen-bond acceptors (Lipinski definition) is 3. The Balaban J connectivity index is 1.47. The molecular formula is C20H30O3. The zero-order valence-electron chi connectivity index (χ0n) is 14.8. The minimum atomic E-state index is -0.932.